The van der Waals surface area contributed by atoms with Crippen LogP contribution in [0.5, 0.6) is 11.5 Å². The van der Waals surface area contributed by atoms with Gasteiger partial charge < -0.3 is 14.8 Å². The number of carbonyl (C=O) groups excluding carboxylic acids is 1. The number of likely N-dealkylation sites (N-methyl/N-ethyl adjacent to an activating group) is 1. The Hall–Kier alpha value is -2.58. The van der Waals surface area contributed by atoms with Crippen LogP contribution in [-0.2, 0) is 21.2 Å². The molecule has 152 valence electrons. The van der Waals surface area contributed by atoms with E-state index in [9.17, 15) is 13.2 Å². The van der Waals surface area contributed by atoms with Crippen molar-refractivity contribution in [3.05, 3.63) is 53.6 Å². The molecule has 1 N–H and O–H groups in total. The zero-order valence-electron chi connectivity index (χ0n) is 16.6. The molecule has 0 saturated heterocycles. The number of methoxy groups -OCH3 is 2. The summed E-state index contributed by atoms with van der Waals surface area (Å²) < 4.78 is 36.5. The average Bonchev–Trinajstić information content (AvgIpc) is 2.68. The Balaban J connectivity index is 1.89. The van der Waals surface area contributed by atoms with Gasteiger partial charge in [0.1, 0.15) is 0 Å². The Bertz CT molecular complexity index is 911. The molecule has 0 radical (unpaired) electrons. The summed E-state index contributed by atoms with van der Waals surface area (Å²) in [7, 11) is 0.821. The number of aryl methyl sites for hydroxylation is 1. The number of sulfonamides is 1. The lowest BCUT2D eigenvalue weighted by Gasteiger charge is -2.17. The number of rotatable bonds is 9. The molecule has 2 aromatic rings. The summed E-state index contributed by atoms with van der Waals surface area (Å²) in [4.78, 5) is 12.3. The summed E-state index contributed by atoms with van der Waals surface area (Å²) >= 11 is 0. The highest BCUT2D eigenvalue weighted by molar-refractivity contribution is 7.89. The van der Waals surface area contributed by atoms with E-state index >= 15 is 0 Å². The molecular formula is C20H26N2O5S. The fourth-order valence-corrected chi connectivity index (χ4v) is 3.74. The van der Waals surface area contributed by atoms with E-state index in [1.54, 1.807) is 32.4 Å². The molecule has 8 heteroatoms. The van der Waals surface area contributed by atoms with Crippen LogP contribution in [0.15, 0.2) is 47.4 Å². The Morgan fingerprint density at radius 1 is 1.04 bits per heavy atom. The monoisotopic (exact) mass is 406 g/mol. The van der Waals surface area contributed by atoms with Gasteiger partial charge in [0.15, 0.2) is 11.5 Å². The molecule has 0 unspecified atom stereocenters. The van der Waals surface area contributed by atoms with E-state index in [0.29, 0.717) is 24.5 Å². The summed E-state index contributed by atoms with van der Waals surface area (Å²) in [5.74, 6) is 0.895. The minimum absolute atomic E-state index is 0.165. The molecule has 0 saturated carbocycles. The first-order chi connectivity index (χ1) is 13.3. The molecule has 7 nitrogen and oxygen atoms in total. The third-order valence-corrected chi connectivity index (χ3v) is 6.10. The fraction of sp³-hybridized carbons (Fsp3) is 0.350. The number of benzene rings is 2. The first-order valence-corrected chi connectivity index (χ1v) is 10.2. The molecule has 2 aromatic carbocycles. The topological polar surface area (TPSA) is 84.9 Å². The van der Waals surface area contributed by atoms with Crippen molar-refractivity contribution >= 4 is 15.9 Å². The van der Waals surface area contributed by atoms with Crippen LogP contribution in [0.1, 0.15) is 11.1 Å². The van der Waals surface area contributed by atoms with Gasteiger partial charge in [-0.2, -0.15) is 4.31 Å². The van der Waals surface area contributed by atoms with Crippen molar-refractivity contribution in [2.24, 2.45) is 0 Å². The Morgan fingerprint density at radius 2 is 1.68 bits per heavy atom. The third-order valence-electron chi connectivity index (χ3n) is 4.28. The smallest absolute Gasteiger partial charge is 0.243 e. The maximum atomic E-state index is 12.5. The zero-order chi connectivity index (χ0) is 20.7. The minimum Gasteiger partial charge on any atom is -0.493 e. The van der Waals surface area contributed by atoms with Crippen molar-refractivity contribution < 1.29 is 22.7 Å². The van der Waals surface area contributed by atoms with Gasteiger partial charge in [-0.3, -0.25) is 4.79 Å². The van der Waals surface area contributed by atoms with Gasteiger partial charge >= 0.3 is 0 Å². The summed E-state index contributed by atoms with van der Waals surface area (Å²) in [5.41, 5.74) is 1.94. The molecule has 0 heterocycles. The summed E-state index contributed by atoms with van der Waals surface area (Å²) in [6.45, 7) is 2.01. The van der Waals surface area contributed by atoms with Crippen molar-refractivity contribution in [1.29, 1.82) is 0 Å². The Morgan fingerprint density at radius 3 is 2.29 bits per heavy atom. The van der Waals surface area contributed by atoms with Crippen LogP contribution >= 0.6 is 0 Å². The molecular weight excluding hydrogens is 380 g/mol. The Kier molecular flexibility index (Phi) is 7.42. The molecule has 0 spiro atoms. The standard InChI is InChI=1S/C20H26N2O5S/c1-15-5-8-17(9-6-15)28(24,25)22(2)14-20(23)21-12-11-16-7-10-18(26-3)19(13-16)27-4/h5-10,13H,11-12,14H2,1-4H3,(H,21,23). The Labute approximate surface area is 166 Å². The van der Waals surface area contributed by atoms with Crippen LogP contribution < -0.4 is 14.8 Å². The van der Waals surface area contributed by atoms with E-state index in [1.807, 2.05) is 19.1 Å². The number of hydrogen-bond acceptors (Lipinski definition) is 5. The second-order valence-electron chi connectivity index (χ2n) is 6.36. The van der Waals surface area contributed by atoms with E-state index in [2.05, 4.69) is 5.32 Å². The van der Waals surface area contributed by atoms with Crippen molar-refractivity contribution in [1.82, 2.24) is 9.62 Å². The number of nitrogens with zero attached hydrogens (tertiary/aromatic N) is 1. The van der Waals surface area contributed by atoms with E-state index in [4.69, 9.17) is 9.47 Å². The highest BCUT2D eigenvalue weighted by Crippen LogP contribution is 2.27. The first kappa shape index (κ1) is 21.7. The van der Waals surface area contributed by atoms with E-state index < -0.39 is 10.0 Å². The summed E-state index contributed by atoms with van der Waals surface area (Å²) in [6.07, 6.45) is 0.584. The van der Waals surface area contributed by atoms with Crippen molar-refractivity contribution in [2.75, 3.05) is 34.4 Å². The second kappa shape index (κ2) is 9.57. The number of amides is 1. The largest absolute Gasteiger partial charge is 0.493 e. The molecule has 1 amide bonds. The predicted molar refractivity (Wildman–Crippen MR) is 107 cm³/mol. The van der Waals surface area contributed by atoms with Gasteiger partial charge in [-0.1, -0.05) is 23.8 Å². The molecule has 2 rings (SSSR count). The number of nitrogens with one attached hydrogen (secondary N) is 1. The highest BCUT2D eigenvalue weighted by Gasteiger charge is 2.22. The van der Waals surface area contributed by atoms with Crippen LogP contribution in [-0.4, -0.2) is 53.0 Å². The number of ether oxygens (including phenoxy) is 2. The minimum atomic E-state index is -3.70. The van der Waals surface area contributed by atoms with Gasteiger partial charge in [-0.25, -0.2) is 8.42 Å². The van der Waals surface area contributed by atoms with E-state index in [1.165, 1.54) is 19.2 Å². The molecule has 0 aliphatic heterocycles. The fourth-order valence-electron chi connectivity index (χ4n) is 2.62. The predicted octanol–water partition coefficient (Wildman–Crippen LogP) is 1.99. The molecule has 0 aliphatic carbocycles. The molecule has 28 heavy (non-hydrogen) atoms. The second-order valence-corrected chi connectivity index (χ2v) is 8.41. The van der Waals surface area contributed by atoms with Gasteiger partial charge in [0, 0.05) is 13.6 Å². The van der Waals surface area contributed by atoms with Gasteiger partial charge in [-0.05, 0) is 43.2 Å². The lowest BCUT2D eigenvalue weighted by atomic mass is 10.1. The number of hydrogen-bond donors (Lipinski definition) is 1. The van der Waals surface area contributed by atoms with Crippen LogP contribution in [0.4, 0.5) is 0 Å². The third kappa shape index (κ3) is 5.46. The van der Waals surface area contributed by atoms with Crippen molar-refractivity contribution in [3.63, 3.8) is 0 Å². The number of carbonyl (C=O) groups is 1. The average molecular weight is 407 g/mol. The molecule has 0 aromatic heterocycles. The van der Waals surface area contributed by atoms with Crippen molar-refractivity contribution in [3.8, 4) is 11.5 Å². The normalized spacial score (nSPS) is 11.3. The quantitative estimate of drug-likeness (QED) is 0.688. The maximum absolute atomic E-state index is 12.5. The zero-order valence-corrected chi connectivity index (χ0v) is 17.4. The lowest BCUT2D eigenvalue weighted by Crippen LogP contribution is -2.39. The van der Waals surface area contributed by atoms with Crippen LogP contribution in [0.2, 0.25) is 0 Å². The SMILES string of the molecule is COc1ccc(CCNC(=O)CN(C)S(=O)(=O)c2ccc(C)cc2)cc1OC. The maximum Gasteiger partial charge on any atom is 0.243 e. The lowest BCUT2D eigenvalue weighted by molar-refractivity contribution is -0.121. The molecule has 0 aliphatic rings. The van der Waals surface area contributed by atoms with Gasteiger partial charge in [0.05, 0.1) is 25.7 Å². The van der Waals surface area contributed by atoms with Crippen molar-refractivity contribution in [2.45, 2.75) is 18.2 Å². The van der Waals surface area contributed by atoms with Gasteiger partial charge in [0.2, 0.25) is 15.9 Å². The van der Waals surface area contributed by atoms with Gasteiger partial charge in [-0.15, -0.1) is 0 Å². The molecule has 0 fully saturated rings. The molecule has 0 bridgehead atoms. The van der Waals surface area contributed by atoms with Crippen LogP contribution in [0.25, 0.3) is 0 Å². The van der Waals surface area contributed by atoms with Gasteiger partial charge in [0.25, 0.3) is 0 Å². The van der Waals surface area contributed by atoms with E-state index in [-0.39, 0.29) is 17.3 Å². The summed E-state index contributed by atoms with van der Waals surface area (Å²) in [5, 5.41) is 2.74. The molecule has 0 atom stereocenters. The van der Waals surface area contributed by atoms with Crippen LogP contribution in [0, 0.1) is 6.92 Å². The summed E-state index contributed by atoms with van der Waals surface area (Å²) in [6, 6.07) is 12.1. The van der Waals surface area contributed by atoms with E-state index in [0.717, 1.165) is 15.4 Å². The highest BCUT2D eigenvalue weighted by atomic mass is 32.2. The first-order valence-electron chi connectivity index (χ1n) is 8.78. The van der Waals surface area contributed by atoms with Crippen LogP contribution in [0.3, 0.4) is 0 Å².